The van der Waals surface area contributed by atoms with Crippen molar-refractivity contribution in [3.05, 3.63) is 47.0 Å². The highest BCUT2D eigenvalue weighted by Gasteiger charge is 2.17. The number of rotatable bonds is 8. The van der Waals surface area contributed by atoms with Gasteiger partial charge in [0, 0.05) is 10.9 Å². The first-order valence-electron chi connectivity index (χ1n) is 8.25. The maximum absolute atomic E-state index is 5.68. The van der Waals surface area contributed by atoms with Crippen LogP contribution in [-0.2, 0) is 13.1 Å². The summed E-state index contributed by atoms with van der Waals surface area (Å²) in [6.45, 7) is 3.97. The summed E-state index contributed by atoms with van der Waals surface area (Å²) in [5, 5.41) is 16.2. The molecule has 0 aliphatic rings. The van der Waals surface area contributed by atoms with Crippen molar-refractivity contribution in [2.45, 2.75) is 26.4 Å². The van der Waals surface area contributed by atoms with Crippen molar-refractivity contribution < 1.29 is 13.4 Å². The highest BCUT2D eigenvalue weighted by Crippen LogP contribution is 2.21. The molecule has 0 radical (unpaired) electrons. The summed E-state index contributed by atoms with van der Waals surface area (Å²) < 4.78 is 16.3. The number of furan rings is 1. The molecule has 0 spiro atoms. The normalized spacial score (nSPS) is 11.5. The Bertz CT molecular complexity index is 855. The van der Waals surface area contributed by atoms with E-state index in [-0.39, 0.29) is 0 Å². The lowest BCUT2D eigenvalue weighted by Gasteiger charge is -2.16. The Labute approximate surface area is 153 Å². The lowest BCUT2D eigenvalue weighted by atomic mass is 10.3. The molecule has 26 heavy (non-hydrogen) atoms. The van der Waals surface area contributed by atoms with Crippen molar-refractivity contribution in [3.8, 4) is 23.0 Å². The van der Waals surface area contributed by atoms with Gasteiger partial charge in [-0.15, -0.1) is 10.2 Å². The Hall–Kier alpha value is -2.78. The zero-order chi connectivity index (χ0) is 17.8. The van der Waals surface area contributed by atoms with Gasteiger partial charge >= 0.3 is 0 Å². The predicted octanol–water partition coefficient (Wildman–Crippen LogP) is 3.85. The SMILES string of the molecule is CCCN(Cc1nc(-c2ccsc2)no1)Cc1nnc(-c2ccco2)o1. The van der Waals surface area contributed by atoms with Gasteiger partial charge in [-0.2, -0.15) is 16.3 Å². The van der Waals surface area contributed by atoms with Gasteiger partial charge in [-0.1, -0.05) is 12.1 Å². The average Bonchev–Trinajstić information content (AvgIpc) is 3.41. The van der Waals surface area contributed by atoms with Gasteiger partial charge in [0.1, 0.15) is 0 Å². The fraction of sp³-hybridized carbons (Fsp3) is 0.294. The van der Waals surface area contributed by atoms with E-state index in [4.69, 9.17) is 13.4 Å². The van der Waals surface area contributed by atoms with E-state index < -0.39 is 0 Å². The van der Waals surface area contributed by atoms with E-state index in [1.54, 1.807) is 29.7 Å². The topological polar surface area (TPSA) is 94.2 Å². The maximum Gasteiger partial charge on any atom is 0.283 e. The Balaban J connectivity index is 1.44. The Kier molecular flexibility index (Phi) is 4.89. The number of aromatic nitrogens is 4. The molecular weight excluding hydrogens is 354 g/mol. The van der Waals surface area contributed by atoms with E-state index in [0.29, 0.717) is 42.3 Å². The van der Waals surface area contributed by atoms with Gasteiger partial charge in [-0.25, -0.2) is 0 Å². The lowest BCUT2D eigenvalue weighted by molar-refractivity contribution is 0.201. The second-order valence-corrected chi connectivity index (χ2v) is 6.49. The minimum atomic E-state index is 0.374. The third kappa shape index (κ3) is 3.73. The molecule has 0 aromatic carbocycles. The molecule has 134 valence electrons. The van der Waals surface area contributed by atoms with E-state index in [1.165, 1.54) is 0 Å². The summed E-state index contributed by atoms with van der Waals surface area (Å²) >= 11 is 1.60. The van der Waals surface area contributed by atoms with Crippen LogP contribution in [-0.4, -0.2) is 31.8 Å². The molecule has 0 unspecified atom stereocenters. The van der Waals surface area contributed by atoms with Crippen molar-refractivity contribution in [3.63, 3.8) is 0 Å². The third-order valence-electron chi connectivity index (χ3n) is 3.70. The van der Waals surface area contributed by atoms with E-state index in [9.17, 15) is 0 Å². The summed E-state index contributed by atoms with van der Waals surface area (Å²) in [6.07, 6.45) is 2.55. The Morgan fingerprint density at radius 3 is 2.85 bits per heavy atom. The van der Waals surface area contributed by atoms with Crippen molar-refractivity contribution in [1.82, 2.24) is 25.2 Å². The molecule has 0 amide bonds. The number of nitrogens with zero attached hydrogens (tertiary/aromatic N) is 5. The van der Waals surface area contributed by atoms with Crippen LogP contribution in [0.3, 0.4) is 0 Å². The van der Waals surface area contributed by atoms with Crippen LogP contribution in [0.15, 0.2) is 48.6 Å². The molecule has 4 aromatic rings. The molecule has 4 rings (SSSR count). The van der Waals surface area contributed by atoms with Crippen LogP contribution in [0, 0.1) is 0 Å². The number of thiophene rings is 1. The van der Waals surface area contributed by atoms with E-state index in [2.05, 4.69) is 32.2 Å². The van der Waals surface area contributed by atoms with Crippen LogP contribution < -0.4 is 0 Å². The molecule has 0 saturated heterocycles. The first-order chi connectivity index (χ1) is 12.8. The second-order valence-electron chi connectivity index (χ2n) is 5.71. The van der Waals surface area contributed by atoms with Crippen molar-refractivity contribution in [2.24, 2.45) is 0 Å². The monoisotopic (exact) mass is 371 g/mol. The van der Waals surface area contributed by atoms with Crippen molar-refractivity contribution in [2.75, 3.05) is 6.54 Å². The van der Waals surface area contributed by atoms with Gasteiger partial charge in [-0.05, 0) is 36.5 Å². The maximum atomic E-state index is 5.68. The standard InChI is InChI=1S/C17H17N5O3S/c1-2-6-22(9-14-18-16(21-25-14)12-5-8-26-11-12)10-15-19-20-17(24-15)13-4-3-7-23-13/h3-5,7-8,11H,2,6,9-10H2,1H3. The number of hydrogen-bond acceptors (Lipinski definition) is 9. The molecule has 0 aliphatic heterocycles. The molecule has 0 bridgehead atoms. The predicted molar refractivity (Wildman–Crippen MR) is 94.0 cm³/mol. The number of hydrogen-bond donors (Lipinski definition) is 0. The molecule has 0 fully saturated rings. The largest absolute Gasteiger partial charge is 0.459 e. The van der Waals surface area contributed by atoms with Crippen LogP contribution in [0.2, 0.25) is 0 Å². The molecule has 0 N–H and O–H groups in total. The zero-order valence-electron chi connectivity index (χ0n) is 14.2. The molecule has 4 aromatic heterocycles. The van der Waals surface area contributed by atoms with E-state index in [1.807, 2.05) is 16.8 Å². The summed E-state index contributed by atoms with van der Waals surface area (Å²) in [6, 6.07) is 5.53. The minimum absolute atomic E-state index is 0.374. The zero-order valence-corrected chi connectivity index (χ0v) is 15.0. The van der Waals surface area contributed by atoms with Gasteiger partial charge < -0.3 is 13.4 Å². The molecule has 0 saturated carbocycles. The van der Waals surface area contributed by atoms with Gasteiger partial charge in [0.05, 0.1) is 19.4 Å². The first-order valence-corrected chi connectivity index (χ1v) is 9.20. The van der Waals surface area contributed by atoms with Crippen LogP contribution in [0.1, 0.15) is 25.1 Å². The van der Waals surface area contributed by atoms with Gasteiger partial charge in [0.15, 0.2) is 5.76 Å². The van der Waals surface area contributed by atoms with Crippen LogP contribution in [0.5, 0.6) is 0 Å². The van der Waals surface area contributed by atoms with Gasteiger partial charge in [0.2, 0.25) is 17.6 Å². The fourth-order valence-corrected chi connectivity index (χ4v) is 3.19. The Morgan fingerprint density at radius 2 is 2.08 bits per heavy atom. The highest BCUT2D eigenvalue weighted by molar-refractivity contribution is 7.08. The second kappa shape index (κ2) is 7.63. The molecule has 4 heterocycles. The molecule has 0 aliphatic carbocycles. The average molecular weight is 371 g/mol. The van der Waals surface area contributed by atoms with Crippen LogP contribution >= 0.6 is 11.3 Å². The van der Waals surface area contributed by atoms with E-state index in [0.717, 1.165) is 18.5 Å². The highest BCUT2D eigenvalue weighted by atomic mass is 32.1. The quantitative estimate of drug-likeness (QED) is 0.461. The molecule has 8 nitrogen and oxygen atoms in total. The summed E-state index contributed by atoms with van der Waals surface area (Å²) in [7, 11) is 0. The van der Waals surface area contributed by atoms with E-state index >= 15 is 0 Å². The van der Waals surface area contributed by atoms with Gasteiger partial charge in [-0.3, -0.25) is 4.90 Å². The molecule has 0 atom stereocenters. The van der Waals surface area contributed by atoms with Gasteiger partial charge in [0.25, 0.3) is 5.89 Å². The van der Waals surface area contributed by atoms with Crippen LogP contribution in [0.4, 0.5) is 0 Å². The lowest BCUT2D eigenvalue weighted by Crippen LogP contribution is -2.24. The first kappa shape index (κ1) is 16.7. The molecule has 9 heteroatoms. The minimum Gasteiger partial charge on any atom is -0.459 e. The third-order valence-corrected chi connectivity index (χ3v) is 4.39. The Morgan fingerprint density at radius 1 is 1.15 bits per heavy atom. The van der Waals surface area contributed by atoms with Crippen molar-refractivity contribution in [1.29, 1.82) is 0 Å². The fourth-order valence-electron chi connectivity index (χ4n) is 2.56. The smallest absolute Gasteiger partial charge is 0.283 e. The summed E-state index contributed by atoms with van der Waals surface area (Å²) in [5.41, 5.74) is 0.965. The summed E-state index contributed by atoms with van der Waals surface area (Å²) in [5.74, 6) is 2.62. The summed E-state index contributed by atoms with van der Waals surface area (Å²) in [4.78, 5) is 6.60. The van der Waals surface area contributed by atoms with Crippen LogP contribution in [0.25, 0.3) is 23.0 Å². The van der Waals surface area contributed by atoms with Crippen molar-refractivity contribution >= 4 is 11.3 Å². The molecular formula is C17H17N5O3S.